The van der Waals surface area contributed by atoms with E-state index in [9.17, 15) is 9.90 Å². The first-order valence-corrected chi connectivity index (χ1v) is 7.49. The number of nitrogens with one attached hydrogen (secondary N) is 1. The fourth-order valence-corrected chi connectivity index (χ4v) is 2.71. The zero-order valence-corrected chi connectivity index (χ0v) is 11.8. The van der Waals surface area contributed by atoms with Crippen LogP contribution in [0.2, 0.25) is 0 Å². The van der Waals surface area contributed by atoms with Crippen molar-refractivity contribution in [3.63, 3.8) is 0 Å². The molecule has 1 amide bonds. The molecule has 1 aromatic rings. The Kier molecular flexibility index (Phi) is 5.41. The van der Waals surface area contributed by atoms with Gasteiger partial charge in [0, 0.05) is 6.04 Å². The minimum absolute atomic E-state index is 0.0648. The fourth-order valence-electron chi connectivity index (χ4n) is 2.71. The van der Waals surface area contributed by atoms with Gasteiger partial charge in [0.25, 0.3) is 0 Å². The maximum absolute atomic E-state index is 12.1. The molecule has 1 aromatic carbocycles. The molecule has 1 fully saturated rings. The van der Waals surface area contributed by atoms with Crippen molar-refractivity contribution >= 4 is 5.91 Å². The molecular formula is C16H24N2O2. The van der Waals surface area contributed by atoms with Crippen LogP contribution < -0.4 is 11.1 Å². The summed E-state index contributed by atoms with van der Waals surface area (Å²) in [5.41, 5.74) is 6.93. The fraction of sp³-hybridized carbons (Fsp3) is 0.562. The normalized spacial score (nSPS) is 18.2. The molecular weight excluding hydrogens is 252 g/mol. The lowest BCUT2D eigenvalue weighted by atomic mass is 10.0. The van der Waals surface area contributed by atoms with Crippen molar-refractivity contribution in [2.24, 2.45) is 5.73 Å². The van der Waals surface area contributed by atoms with Gasteiger partial charge in [0.1, 0.15) is 5.75 Å². The Labute approximate surface area is 120 Å². The average molecular weight is 276 g/mol. The average Bonchev–Trinajstić information content (AvgIpc) is 2.70. The van der Waals surface area contributed by atoms with E-state index >= 15 is 0 Å². The van der Waals surface area contributed by atoms with Crippen LogP contribution in [-0.4, -0.2) is 23.1 Å². The first-order valence-electron chi connectivity index (χ1n) is 7.49. The topological polar surface area (TPSA) is 75.3 Å². The molecule has 1 saturated carbocycles. The second-order valence-electron chi connectivity index (χ2n) is 5.67. The Hall–Kier alpha value is -1.55. The number of phenols is 1. The van der Waals surface area contributed by atoms with Crippen LogP contribution in [-0.2, 0) is 11.2 Å². The molecule has 20 heavy (non-hydrogen) atoms. The van der Waals surface area contributed by atoms with E-state index in [1.54, 1.807) is 24.3 Å². The van der Waals surface area contributed by atoms with Crippen LogP contribution in [0.25, 0.3) is 0 Å². The van der Waals surface area contributed by atoms with E-state index in [1.165, 1.54) is 25.7 Å². The first-order chi connectivity index (χ1) is 9.65. The highest BCUT2D eigenvalue weighted by Gasteiger charge is 2.19. The number of rotatable bonds is 4. The van der Waals surface area contributed by atoms with Crippen molar-refractivity contribution in [3.8, 4) is 5.75 Å². The summed E-state index contributed by atoms with van der Waals surface area (Å²) in [6.45, 7) is 0. The van der Waals surface area contributed by atoms with Crippen LogP contribution in [0.15, 0.2) is 24.3 Å². The molecule has 2 rings (SSSR count). The largest absolute Gasteiger partial charge is 0.508 e. The number of aromatic hydroxyl groups is 1. The zero-order valence-electron chi connectivity index (χ0n) is 11.8. The Balaban J connectivity index is 1.83. The molecule has 0 radical (unpaired) electrons. The third-order valence-corrected chi connectivity index (χ3v) is 3.93. The van der Waals surface area contributed by atoms with Gasteiger partial charge in [-0.3, -0.25) is 4.79 Å². The maximum Gasteiger partial charge on any atom is 0.237 e. The van der Waals surface area contributed by atoms with E-state index in [-0.39, 0.29) is 17.7 Å². The molecule has 0 spiro atoms. The number of phenolic OH excluding ortho intramolecular Hbond substituents is 1. The number of hydrogen-bond acceptors (Lipinski definition) is 3. The summed E-state index contributed by atoms with van der Waals surface area (Å²) in [6.07, 6.45) is 7.56. The van der Waals surface area contributed by atoms with E-state index in [1.807, 2.05) is 0 Å². The molecule has 0 saturated heterocycles. The van der Waals surface area contributed by atoms with E-state index in [0.717, 1.165) is 18.4 Å². The summed E-state index contributed by atoms with van der Waals surface area (Å²) in [6, 6.07) is 6.59. The van der Waals surface area contributed by atoms with Crippen molar-refractivity contribution < 1.29 is 9.90 Å². The lowest BCUT2D eigenvalue weighted by molar-refractivity contribution is -0.123. The van der Waals surface area contributed by atoms with Crippen LogP contribution in [0.4, 0.5) is 0 Å². The molecule has 4 nitrogen and oxygen atoms in total. The highest BCUT2D eigenvalue weighted by molar-refractivity contribution is 5.82. The Morgan fingerprint density at radius 2 is 1.80 bits per heavy atom. The standard InChI is InChI=1S/C16H24N2O2/c17-15(11-12-7-9-14(19)10-8-12)16(20)18-13-5-3-1-2-4-6-13/h7-10,13,15,19H,1-6,11,17H2,(H,18,20)/t15-/m1/s1. The van der Waals surface area contributed by atoms with Gasteiger partial charge in [-0.1, -0.05) is 37.8 Å². The monoisotopic (exact) mass is 276 g/mol. The van der Waals surface area contributed by atoms with Crippen molar-refractivity contribution in [1.82, 2.24) is 5.32 Å². The molecule has 1 aliphatic rings. The van der Waals surface area contributed by atoms with Gasteiger partial charge in [0.2, 0.25) is 5.91 Å². The lowest BCUT2D eigenvalue weighted by Gasteiger charge is -2.19. The number of benzene rings is 1. The minimum atomic E-state index is -0.525. The molecule has 1 atom stereocenters. The number of hydrogen-bond donors (Lipinski definition) is 3. The molecule has 0 aromatic heterocycles. The maximum atomic E-state index is 12.1. The summed E-state index contributed by atoms with van der Waals surface area (Å²) >= 11 is 0. The molecule has 0 bridgehead atoms. The smallest absolute Gasteiger partial charge is 0.237 e. The van der Waals surface area contributed by atoms with Gasteiger partial charge in [-0.2, -0.15) is 0 Å². The molecule has 0 unspecified atom stereocenters. The van der Waals surface area contributed by atoms with Crippen molar-refractivity contribution in [2.75, 3.05) is 0 Å². The summed E-state index contributed by atoms with van der Waals surface area (Å²) in [5.74, 6) is 0.162. The molecule has 4 heteroatoms. The van der Waals surface area contributed by atoms with Crippen LogP contribution >= 0.6 is 0 Å². The van der Waals surface area contributed by atoms with Crippen LogP contribution in [0, 0.1) is 0 Å². The number of carbonyl (C=O) groups is 1. The summed E-state index contributed by atoms with van der Waals surface area (Å²) in [5, 5.41) is 12.3. The van der Waals surface area contributed by atoms with E-state index in [4.69, 9.17) is 5.73 Å². The van der Waals surface area contributed by atoms with E-state index in [2.05, 4.69) is 5.32 Å². The third kappa shape index (κ3) is 4.53. The quantitative estimate of drug-likeness (QED) is 0.737. The second-order valence-corrected chi connectivity index (χ2v) is 5.67. The third-order valence-electron chi connectivity index (χ3n) is 3.93. The molecule has 0 heterocycles. The summed E-state index contributed by atoms with van der Waals surface area (Å²) in [7, 11) is 0. The highest BCUT2D eigenvalue weighted by Crippen LogP contribution is 2.17. The van der Waals surface area contributed by atoms with Gasteiger partial charge in [-0.15, -0.1) is 0 Å². The lowest BCUT2D eigenvalue weighted by Crippen LogP contribution is -2.46. The Morgan fingerprint density at radius 3 is 2.40 bits per heavy atom. The van der Waals surface area contributed by atoms with Crippen LogP contribution in [0.1, 0.15) is 44.1 Å². The second kappa shape index (κ2) is 7.29. The Bertz CT molecular complexity index is 423. The van der Waals surface area contributed by atoms with Gasteiger partial charge >= 0.3 is 0 Å². The first kappa shape index (κ1) is 14.9. The van der Waals surface area contributed by atoms with Gasteiger partial charge in [-0.25, -0.2) is 0 Å². The van der Waals surface area contributed by atoms with E-state index < -0.39 is 6.04 Å². The zero-order chi connectivity index (χ0) is 14.4. The molecule has 0 aliphatic heterocycles. The van der Waals surface area contributed by atoms with E-state index in [0.29, 0.717) is 6.42 Å². The summed E-state index contributed by atoms with van der Waals surface area (Å²) in [4.78, 5) is 12.1. The van der Waals surface area contributed by atoms with Gasteiger partial charge < -0.3 is 16.2 Å². The number of nitrogens with two attached hydrogens (primary N) is 1. The predicted octanol–water partition coefficient (Wildman–Crippen LogP) is 2.10. The predicted molar refractivity (Wildman–Crippen MR) is 79.4 cm³/mol. The SMILES string of the molecule is N[C@H](Cc1ccc(O)cc1)C(=O)NC1CCCCCC1. The molecule has 110 valence electrons. The van der Waals surface area contributed by atoms with Gasteiger partial charge in [-0.05, 0) is 37.0 Å². The highest BCUT2D eigenvalue weighted by atomic mass is 16.3. The summed E-state index contributed by atoms with van der Waals surface area (Å²) < 4.78 is 0. The van der Waals surface area contributed by atoms with Crippen molar-refractivity contribution in [2.45, 2.75) is 57.0 Å². The minimum Gasteiger partial charge on any atom is -0.508 e. The number of amides is 1. The van der Waals surface area contributed by atoms with Gasteiger partial charge in [0.15, 0.2) is 0 Å². The van der Waals surface area contributed by atoms with Crippen LogP contribution in [0.3, 0.4) is 0 Å². The Morgan fingerprint density at radius 1 is 1.20 bits per heavy atom. The molecule has 4 N–H and O–H groups in total. The molecule has 1 aliphatic carbocycles. The van der Waals surface area contributed by atoms with Crippen molar-refractivity contribution in [1.29, 1.82) is 0 Å². The van der Waals surface area contributed by atoms with Gasteiger partial charge in [0.05, 0.1) is 6.04 Å². The van der Waals surface area contributed by atoms with Crippen molar-refractivity contribution in [3.05, 3.63) is 29.8 Å². The number of carbonyl (C=O) groups excluding carboxylic acids is 1. The van der Waals surface area contributed by atoms with Crippen LogP contribution in [0.5, 0.6) is 5.75 Å².